The molecule has 2 N–H and O–H groups in total. The second-order valence-corrected chi connectivity index (χ2v) is 9.81. The van der Waals surface area contributed by atoms with Crippen LogP contribution in [-0.4, -0.2) is 20.9 Å². The summed E-state index contributed by atoms with van der Waals surface area (Å²) in [5.41, 5.74) is 2.31. The average Bonchev–Trinajstić information content (AvgIpc) is 2.88. The van der Waals surface area contributed by atoms with Crippen molar-refractivity contribution in [2.75, 3.05) is 11.3 Å². The molecule has 0 aliphatic rings. The average molecular weight is 507 g/mol. The molecule has 0 spiro atoms. The van der Waals surface area contributed by atoms with Crippen LogP contribution >= 0.6 is 11.6 Å². The summed E-state index contributed by atoms with van der Waals surface area (Å²) in [5, 5.41) is 3.52. The van der Waals surface area contributed by atoms with Gasteiger partial charge in [0.2, 0.25) is 0 Å². The number of carbonyl (C=O) groups excluding carboxylic acids is 1. The fourth-order valence-electron chi connectivity index (χ4n) is 3.45. The fraction of sp³-hybridized carbons (Fsp3) is 0.0741. The molecule has 0 aromatic heterocycles. The molecule has 4 aromatic rings. The van der Waals surface area contributed by atoms with E-state index in [1.165, 1.54) is 24.3 Å². The summed E-state index contributed by atoms with van der Waals surface area (Å²) < 4.78 is 33.3. The minimum atomic E-state index is -3.78. The van der Waals surface area contributed by atoms with Crippen LogP contribution in [0.3, 0.4) is 0 Å². The maximum atomic E-state index is 12.7. The van der Waals surface area contributed by atoms with Crippen LogP contribution in [0.25, 0.3) is 0 Å². The van der Waals surface area contributed by atoms with Crippen LogP contribution in [0.5, 0.6) is 5.75 Å². The van der Waals surface area contributed by atoms with Crippen molar-refractivity contribution in [3.63, 3.8) is 0 Å². The van der Waals surface area contributed by atoms with Crippen LogP contribution < -0.4 is 14.8 Å². The number of amides is 1. The molecule has 0 atom stereocenters. The van der Waals surface area contributed by atoms with Gasteiger partial charge >= 0.3 is 0 Å². The molecule has 4 rings (SSSR count). The van der Waals surface area contributed by atoms with E-state index in [1.807, 2.05) is 60.7 Å². The van der Waals surface area contributed by atoms with Gasteiger partial charge in [0.05, 0.1) is 10.9 Å². The zero-order chi connectivity index (χ0) is 24.7. The minimum absolute atomic E-state index is 0.0671. The molecule has 0 fully saturated rings. The largest absolute Gasteiger partial charge is 0.484 e. The third kappa shape index (κ3) is 6.62. The van der Waals surface area contributed by atoms with Gasteiger partial charge in [-0.3, -0.25) is 9.52 Å². The SMILES string of the molecule is O=C(COc1ccc(S(=O)(=O)Nc2ccc(Cl)cc2)cc1)NC(c1ccccc1)c1ccccc1. The van der Waals surface area contributed by atoms with Crippen molar-refractivity contribution < 1.29 is 17.9 Å². The normalized spacial score (nSPS) is 11.1. The lowest BCUT2D eigenvalue weighted by Gasteiger charge is -2.20. The molecule has 0 unspecified atom stereocenters. The first-order valence-electron chi connectivity index (χ1n) is 10.8. The minimum Gasteiger partial charge on any atom is -0.484 e. The van der Waals surface area contributed by atoms with Crippen molar-refractivity contribution in [1.29, 1.82) is 0 Å². The first-order valence-corrected chi connectivity index (χ1v) is 12.7. The van der Waals surface area contributed by atoms with Gasteiger partial charge < -0.3 is 10.1 Å². The summed E-state index contributed by atoms with van der Waals surface area (Å²) in [6, 6.07) is 31.2. The molecule has 4 aromatic carbocycles. The van der Waals surface area contributed by atoms with Crippen molar-refractivity contribution in [3.8, 4) is 5.75 Å². The molecule has 0 saturated heterocycles. The number of hydrogen-bond donors (Lipinski definition) is 2. The zero-order valence-electron chi connectivity index (χ0n) is 18.6. The van der Waals surface area contributed by atoms with Crippen LogP contribution in [-0.2, 0) is 14.8 Å². The predicted octanol–water partition coefficient (Wildman–Crippen LogP) is 5.43. The van der Waals surface area contributed by atoms with Crippen molar-refractivity contribution in [1.82, 2.24) is 5.32 Å². The van der Waals surface area contributed by atoms with E-state index in [9.17, 15) is 13.2 Å². The summed E-state index contributed by atoms with van der Waals surface area (Å²) in [4.78, 5) is 12.7. The highest BCUT2D eigenvalue weighted by atomic mass is 35.5. The predicted molar refractivity (Wildman–Crippen MR) is 137 cm³/mol. The molecule has 0 radical (unpaired) electrons. The maximum absolute atomic E-state index is 12.7. The van der Waals surface area contributed by atoms with Crippen LogP contribution in [0.2, 0.25) is 5.02 Å². The Balaban J connectivity index is 1.38. The maximum Gasteiger partial charge on any atom is 0.261 e. The van der Waals surface area contributed by atoms with E-state index in [1.54, 1.807) is 24.3 Å². The molecule has 8 heteroatoms. The zero-order valence-corrected chi connectivity index (χ0v) is 20.2. The number of sulfonamides is 1. The van der Waals surface area contributed by atoms with E-state index in [2.05, 4.69) is 10.0 Å². The molecule has 35 heavy (non-hydrogen) atoms. The summed E-state index contributed by atoms with van der Waals surface area (Å²) in [6.07, 6.45) is 0. The molecule has 0 heterocycles. The lowest BCUT2D eigenvalue weighted by molar-refractivity contribution is -0.123. The van der Waals surface area contributed by atoms with Gasteiger partial charge in [-0.2, -0.15) is 0 Å². The highest BCUT2D eigenvalue weighted by Gasteiger charge is 2.18. The Kier molecular flexibility index (Phi) is 7.70. The van der Waals surface area contributed by atoms with Crippen molar-refractivity contribution in [2.45, 2.75) is 10.9 Å². The first kappa shape index (κ1) is 24.3. The van der Waals surface area contributed by atoms with E-state index in [0.29, 0.717) is 16.5 Å². The number of benzene rings is 4. The number of ether oxygens (including phenoxy) is 1. The van der Waals surface area contributed by atoms with E-state index < -0.39 is 10.0 Å². The van der Waals surface area contributed by atoms with Crippen LogP contribution in [0.15, 0.2) is 114 Å². The number of nitrogens with one attached hydrogen (secondary N) is 2. The van der Waals surface area contributed by atoms with Gasteiger partial charge in [-0.15, -0.1) is 0 Å². The lowest BCUT2D eigenvalue weighted by Crippen LogP contribution is -2.33. The van der Waals surface area contributed by atoms with E-state index in [4.69, 9.17) is 16.3 Å². The molecule has 0 bridgehead atoms. The highest BCUT2D eigenvalue weighted by Crippen LogP contribution is 2.23. The monoisotopic (exact) mass is 506 g/mol. The van der Waals surface area contributed by atoms with Gasteiger partial charge in [0.25, 0.3) is 15.9 Å². The van der Waals surface area contributed by atoms with Crippen molar-refractivity contribution >= 4 is 33.2 Å². The van der Waals surface area contributed by atoms with Gasteiger partial charge in [0.15, 0.2) is 6.61 Å². The third-order valence-corrected chi connectivity index (χ3v) is 6.82. The highest BCUT2D eigenvalue weighted by molar-refractivity contribution is 7.92. The Morgan fingerprint density at radius 2 is 1.31 bits per heavy atom. The summed E-state index contributed by atoms with van der Waals surface area (Å²) >= 11 is 5.84. The fourth-order valence-corrected chi connectivity index (χ4v) is 4.63. The van der Waals surface area contributed by atoms with Crippen LogP contribution in [0.4, 0.5) is 5.69 Å². The first-order chi connectivity index (χ1) is 16.9. The smallest absolute Gasteiger partial charge is 0.261 e. The number of rotatable bonds is 9. The molecular weight excluding hydrogens is 484 g/mol. The van der Waals surface area contributed by atoms with Gasteiger partial charge in [0.1, 0.15) is 5.75 Å². The van der Waals surface area contributed by atoms with Gasteiger partial charge in [-0.1, -0.05) is 72.3 Å². The number of anilines is 1. The molecule has 0 saturated carbocycles. The Morgan fingerprint density at radius 3 is 1.86 bits per heavy atom. The van der Waals surface area contributed by atoms with Crippen LogP contribution in [0, 0.1) is 0 Å². The number of carbonyl (C=O) groups is 1. The Morgan fingerprint density at radius 1 is 0.771 bits per heavy atom. The standard InChI is InChI=1S/C27H23ClN2O4S/c28-22-11-13-23(14-12-22)30-35(32,33)25-17-15-24(16-18-25)34-19-26(31)29-27(20-7-3-1-4-8-20)21-9-5-2-6-10-21/h1-18,27,30H,19H2,(H,29,31). The van der Waals surface area contributed by atoms with Crippen LogP contribution in [0.1, 0.15) is 17.2 Å². The van der Waals surface area contributed by atoms with E-state index in [-0.39, 0.29) is 23.5 Å². The lowest BCUT2D eigenvalue weighted by atomic mass is 9.99. The number of hydrogen-bond acceptors (Lipinski definition) is 4. The summed E-state index contributed by atoms with van der Waals surface area (Å²) in [5.74, 6) is 0.0744. The van der Waals surface area contributed by atoms with Gasteiger partial charge in [0, 0.05) is 10.7 Å². The Hall–Kier alpha value is -3.81. The molecule has 6 nitrogen and oxygen atoms in total. The Labute approximate surface area is 209 Å². The molecule has 1 amide bonds. The molecule has 0 aliphatic carbocycles. The second kappa shape index (κ2) is 11.1. The topological polar surface area (TPSA) is 84.5 Å². The third-order valence-electron chi connectivity index (χ3n) is 5.17. The number of halogens is 1. The van der Waals surface area contributed by atoms with Gasteiger partial charge in [-0.25, -0.2) is 8.42 Å². The summed E-state index contributed by atoms with van der Waals surface area (Å²) in [7, 11) is -3.78. The van der Waals surface area contributed by atoms with Crippen molar-refractivity contribution in [2.24, 2.45) is 0 Å². The van der Waals surface area contributed by atoms with Crippen molar-refractivity contribution in [3.05, 3.63) is 125 Å². The van der Waals surface area contributed by atoms with E-state index >= 15 is 0 Å². The van der Waals surface area contributed by atoms with Gasteiger partial charge in [-0.05, 0) is 59.7 Å². The molecular formula is C27H23ClN2O4S. The molecule has 0 aliphatic heterocycles. The molecule has 178 valence electrons. The second-order valence-electron chi connectivity index (χ2n) is 7.69. The Bertz CT molecular complexity index is 1320. The summed E-state index contributed by atoms with van der Waals surface area (Å²) in [6.45, 7) is -0.217. The quantitative estimate of drug-likeness (QED) is 0.317. The van der Waals surface area contributed by atoms with E-state index in [0.717, 1.165) is 11.1 Å².